The molecule has 0 saturated carbocycles. The number of thiophene rings is 1. The third-order valence-electron chi connectivity index (χ3n) is 5.11. The van der Waals surface area contributed by atoms with Crippen molar-refractivity contribution in [1.82, 2.24) is 9.88 Å². The molecule has 116 valence electrons. The van der Waals surface area contributed by atoms with Crippen LogP contribution in [-0.4, -0.2) is 35.1 Å². The third kappa shape index (κ3) is 2.55. The Morgan fingerprint density at radius 1 is 1.18 bits per heavy atom. The molecule has 3 aliphatic rings. The average Bonchev–Trinajstić information content (AvgIpc) is 2.98. The summed E-state index contributed by atoms with van der Waals surface area (Å²) in [4.78, 5) is 9.69. The summed E-state index contributed by atoms with van der Waals surface area (Å²) in [7, 11) is 0. The van der Waals surface area contributed by atoms with E-state index in [-0.39, 0.29) is 0 Å². The topological polar surface area (TPSA) is 25.4 Å². The van der Waals surface area contributed by atoms with Gasteiger partial charge in [0.25, 0.3) is 0 Å². The highest BCUT2D eigenvalue weighted by Gasteiger charge is 2.41. The van der Waals surface area contributed by atoms with Gasteiger partial charge in [0.1, 0.15) is 6.10 Å². The maximum absolute atomic E-state index is 6.25. The molecule has 3 saturated heterocycles. The molecule has 3 nitrogen and oxygen atoms in total. The Morgan fingerprint density at radius 2 is 2.00 bits per heavy atom. The molecule has 3 fully saturated rings. The van der Waals surface area contributed by atoms with Gasteiger partial charge in [-0.2, -0.15) is 0 Å². The fraction of sp³-hybridized carbons (Fsp3) is 0.500. The largest absolute Gasteiger partial charge is 0.472 e. The third-order valence-corrected chi connectivity index (χ3v) is 6.16. The number of nitrogens with zero attached hydrogens (tertiary/aromatic N) is 2. The molecule has 2 bridgehead atoms. The first-order chi connectivity index (χ1) is 10.7. The van der Waals surface area contributed by atoms with E-state index in [1.165, 1.54) is 41.2 Å². The number of aromatic nitrogens is 1. The van der Waals surface area contributed by atoms with Gasteiger partial charge in [-0.15, -0.1) is 11.3 Å². The Bertz CT molecular complexity index is 641. The summed E-state index contributed by atoms with van der Waals surface area (Å²) in [5.74, 6) is 1.46. The van der Waals surface area contributed by atoms with Crippen LogP contribution in [0.15, 0.2) is 30.5 Å². The first-order valence-electron chi connectivity index (χ1n) is 8.14. The Hall–Kier alpha value is -1.39. The van der Waals surface area contributed by atoms with Crippen LogP contribution in [0.1, 0.15) is 24.6 Å². The molecule has 3 aliphatic heterocycles. The van der Waals surface area contributed by atoms with E-state index in [4.69, 9.17) is 4.74 Å². The number of rotatable bonds is 3. The molecule has 0 spiro atoms. The van der Waals surface area contributed by atoms with Gasteiger partial charge in [0, 0.05) is 33.6 Å². The maximum atomic E-state index is 6.25. The molecular formula is C18H22N2OS. The van der Waals surface area contributed by atoms with Crippen molar-refractivity contribution in [3.8, 4) is 16.3 Å². The molecule has 0 aliphatic carbocycles. The van der Waals surface area contributed by atoms with Gasteiger partial charge in [-0.1, -0.05) is 0 Å². The summed E-state index contributed by atoms with van der Waals surface area (Å²) in [5, 5.41) is 0. The molecule has 0 N–H and O–H groups in total. The van der Waals surface area contributed by atoms with Crippen LogP contribution in [0.5, 0.6) is 5.88 Å². The molecule has 2 aromatic heterocycles. The Labute approximate surface area is 135 Å². The van der Waals surface area contributed by atoms with Gasteiger partial charge in [0.15, 0.2) is 0 Å². The zero-order chi connectivity index (χ0) is 15.1. The Kier molecular flexibility index (Phi) is 3.66. The number of fused-ring (bicyclic) bond motifs is 3. The molecule has 5 rings (SSSR count). The Morgan fingerprint density at radius 3 is 2.59 bits per heavy atom. The lowest BCUT2D eigenvalue weighted by molar-refractivity contribution is -0.0525. The van der Waals surface area contributed by atoms with E-state index in [0.29, 0.717) is 18.1 Å². The first kappa shape index (κ1) is 14.2. The number of hydrogen-bond donors (Lipinski definition) is 0. The van der Waals surface area contributed by atoms with E-state index >= 15 is 0 Å². The number of piperidine rings is 3. The van der Waals surface area contributed by atoms with Gasteiger partial charge in [0.2, 0.25) is 5.88 Å². The summed E-state index contributed by atoms with van der Waals surface area (Å²) in [5.41, 5.74) is 1.17. The van der Waals surface area contributed by atoms with Crippen LogP contribution in [-0.2, 0) is 0 Å². The standard InChI is InChI=1S/C18H22N2OS/c1-12-3-5-16(22-12)15-4-6-17(19-11-15)21-18-13(2)20-9-7-14(18)8-10-20/h3-6,11,13-14,18H,7-10H2,1-2H3. The number of aryl methyl sites for hydroxylation is 1. The van der Waals surface area contributed by atoms with Gasteiger partial charge < -0.3 is 4.74 Å². The van der Waals surface area contributed by atoms with Crippen molar-refractivity contribution >= 4 is 11.3 Å². The van der Waals surface area contributed by atoms with Gasteiger partial charge in [-0.05, 0) is 63.9 Å². The monoisotopic (exact) mass is 314 g/mol. The second-order valence-electron chi connectivity index (χ2n) is 6.49. The minimum absolute atomic E-state index is 0.296. The molecule has 2 aromatic rings. The molecule has 2 atom stereocenters. The zero-order valence-corrected chi connectivity index (χ0v) is 14.0. The van der Waals surface area contributed by atoms with Crippen molar-refractivity contribution < 1.29 is 4.74 Å². The van der Waals surface area contributed by atoms with Crippen LogP contribution in [0.4, 0.5) is 0 Å². The lowest BCUT2D eigenvalue weighted by Gasteiger charge is -2.49. The summed E-state index contributed by atoms with van der Waals surface area (Å²) in [6, 6.07) is 8.97. The van der Waals surface area contributed by atoms with Crippen LogP contribution in [0.3, 0.4) is 0 Å². The number of hydrogen-bond acceptors (Lipinski definition) is 4. The lowest BCUT2D eigenvalue weighted by atomic mass is 9.81. The molecule has 2 unspecified atom stereocenters. The summed E-state index contributed by atoms with van der Waals surface area (Å²) in [6.07, 6.45) is 4.76. The van der Waals surface area contributed by atoms with E-state index in [9.17, 15) is 0 Å². The van der Waals surface area contributed by atoms with Crippen molar-refractivity contribution in [3.05, 3.63) is 35.3 Å². The molecule has 0 radical (unpaired) electrons. The second-order valence-corrected chi connectivity index (χ2v) is 7.78. The molecule has 5 heterocycles. The minimum atomic E-state index is 0.296. The first-order valence-corrected chi connectivity index (χ1v) is 8.96. The van der Waals surface area contributed by atoms with Gasteiger partial charge in [-0.3, -0.25) is 4.90 Å². The molecular weight excluding hydrogens is 292 g/mol. The molecule has 0 aromatic carbocycles. The van der Waals surface area contributed by atoms with Crippen LogP contribution in [0, 0.1) is 12.8 Å². The van der Waals surface area contributed by atoms with Crippen LogP contribution >= 0.6 is 11.3 Å². The van der Waals surface area contributed by atoms with Crippen LogP contribution < -0.4 is 4.74 Å². The van der Waals surface area contributed by atoms with Crippen molar-refractivity contribution in [2.24, 2.45) is 5.92 Å². The highest BCUT2D eigenvalue weighted by molar-refractivity contribution is 7.15. The van der Waals surface area contributed by atoms with Gasteiger partial charge in [-0.25, -0.2) is 4.98 Å². The van der Waals surface area contributed by atoms with Gasteiger partial charge in [0.05, 0.1) is 0 Å². The zero-order valence-electron chi connectivity index (χ0n) is 13.2. The van der Waals surface area contributed by atoms with E-state index in [2.05, 4.69) is 41.9 Å². The maximum Gasteiger partial charge on any atom is 0.213 e. The smallest absolute Gasteiger partial charge is 0.213 e. The summed E-state index contributed by atoms with van der Waals surface area (Å²) in [6.45, 7) is 6.89. The highest BCUT2D eigenvalue weighted by Crippen LogP contribution is 2.35. The fourth-order valence-electron chi connectivity index (χ4n) is 3.78. The summed E-state index contributed by atoms with van der Waals surface area (Å²) < 4.78 is 6.25. The predicted molar refractivity (Wildman–Crippen MR) is 90.5 cm³/mol. The average molecular weight is 314 g/mol. The fourth-order valence-corrected chi connectivity index (χ4v) is 4.63. The minimum Gasteiger partial charge on any atom is -0.472 e. The molecule has 4 heteroatoms. The quantitative estimate of drug-likeness (QED) is 0.857. The van der Waals surface area contributed by atoms with Crippen molar-refractivity contribution in [2.75, 3.05) is 13.1 Å². The van der Waals surface area contributed by atoms with E-state index in [1.54, 1.807) is 11.3 Å². The van der Waals surface area contributed by atoms with Crippen LogP contribution in [0.25, 0.3) is 10.4 Å². The van der Waals surface area contributed by atoms with Crippen molar-refractivity contribution in [3.63, 3.8) is 0 Å². The lowest BCUT2D eigenvalue weighted by Crippen LogP contribution is -2.58. The normalized spacial score (nSPS) is 30.5. The number of ether oxygens (including phenoxy) is 1. The molecule has 0 amide bonds. The SMILES string of the molecule is Cc1ccc(-c2ccc(OC3C4CCN(CC4)C3C)nc2)s1. The van der Waals surface area contributed by atoms with Crippen LogP contribution in [0.2, 0.25) is 0 Å². The van der Waals surface area contributed by atoms with Crippen molar-refractivity contribution in [1.29, 1.82) is 0 Å². The second kappa shape index (κ2) is 5.67. The van der Waals surface area contributed by atoms with E-state index in [0.717, 1.165) is 5.88 Å². The van der Waals surface area contributed by atoms with Crippen molar-refractivity contribution in [2.45, 2.75) is 38.8 Å². The van der Waals surface area contributed by atoms with Gasteiger partial charge >= 0.3 is 0 Å². The predicted octanol–water partition coefficient (Wildman–Crippen LogP) is 3.98. The Balaban J connectivity index is 1.49. The number of pyridine rings is 1. The highest BCUT2D eigenvalue weighted by atomic mass is 32.1. The van der Waals surface area contributed by atoms with E-state index in [1.807, 2.05) is 12.3 Å². The summed E-state index contributed by atoms with van der Waals surface area (Å²) >= 11 is 1.81. The molecule has 22 heavy (non-hydrogen) atoms. The van der Waals surface area contributed by atoms with E-state index < -0.39 is 0 Å².